The second kappa shape index (κ2) is 15.0. The van der Waals surface area contributed by atoms with Crippen molar-refractivity contribution >= 4 is 31.5 Å². The zero-order valence-corrected chi connectivity index (χ0v) is 26.3. The molecule has 3 rings (SSSR count). The molecular formula is C32H44BrOPSi. The highest BCUT2D eigenvalue weighted by Crippen LogP contribution is 2.56. The summed E-state index contributed by atoms with van der Waals surface area (Å²) in [5, 5.41) is 4.36. The van der Waals surface area contributed by atoms with Gasteiger partial charge in [0.2, 0.25) is 0 Å². The predicted molar refractivity (Wildman–Crippen MR) is 161 cm³/mol. The summed E-state index contributed by atoms with van der Waals surface area (Å²) in [6.45, 7) is 12.4. The van der Waals surface area contributed by atoms with E-state index in [-0.39, 0.29) is 17.0 Å². The van der Waals surface area contributed by atoms with Crippen molar-refractivity contribution in [3.05, 3.63) is 103 Å². The van der Waals surface area contributed by atoms with Crippen LogP contribution in [0.5, 0.6) is 0 Å². The van der Waals surface area contributed by atoms with E-state index in [4.69, 9.17) is 4.43 Å². The SMILES string of the molecule is CC/C(=C/[C@H](C)CO[Si](CC)(CC)CC)C[P+](c1ccccc1)(c1ccccc1)c1ccccc1.[Br-]. The van der Waals surface area contributed by atoms with Crippen LogP contribution in [0.1, 0.15) is 41.0 Å². The summed E-state index contributed by atoms with van der Waals surface area (Å²) in [5.74, 6) is 0.422. The van der Waals surface area contributed by atoms with Crippen molar-refractivity contribution in [2.45, 2.75) is 59.2 Å². The van der Waals surface area contributed by atoms with Crippen molar-refractivity contribution in [2.24, 2.45) is 5.92 Å². The van der Waals surface area contributed by atoms with E-state index in [0.29, 0.717) is 5.92 Å². The third-order valence-electron chi connectivity index (χ3n) is 7.59. The van der Waals surface area contributed by atoms with E-state index < -0.39 is 15.6 Å². The highest BCUT2D eigenvalue weighted by Gasteiger charge is 2.45. The number of allylic oxidation sites excluding steroid dienone is 1. The van der Waals surface area contributed by atoms with Crippen LogP contribution in [0, 0.1) is 5.92 Å². The zero-order valence-electron chi connectivity index (χ0n) is 22.8. The molecule has 0 saturated heterocycles. The van der Waals surface area contributed by atoms with Gasteiger partial charge in [0.15, 0.2) is 8.32 Å². The van der Waals surface area contributed by atoms with Crippen LogP contribution in [0.15, 0.2) is 103 Å². The fraction of sp³-hybridized carbons (Fsp3) is 0.375. The molecule has 0 spiro atoms. The van der Waals surface area contributed by atoms with Crippen molar-refractivity contribution in [1.29, 1.82) is 0 Å². The summed E-state index contributed by atoms with van der Waals surface area (Å²) in [7, 11) is -3.42. The fourth-order valence-corrected chi connectivity index (χ4v) is 12.3. The Hall–Kier alpha value is -1.51. The van der Waals surface area contributed by atoms with Gasteiger partial charge < -0.3 is 21.4 Å². The van der Waals surface area contributed by atoms with Crippen LogP contribution in [0.2, 0.25) is 18.1 Å². The van der Waals surface area contributed by atoms with Gasteiger partial charge in [-0.05, 0) is 72.4 Å². The third kappa shape index (κ3) is 7.29. The second-order valence-corrected chi connectivity index (χ2v) is 17.9. The van der Waals surface area contributed by atoms with Gasteiger partial charge in [-0.1, -0.05) is 95.3 Å². The van der Waals surface area contributed by atoms with Crippen LogP contribution in [0.4, 0.5) is 0 Å². The smallest absolute Gasteiger partial charge is 0.192 e. The summed E-state index contributed by atoms with van der Waals surface area (Å²) in [5.41, 5.74) is 1.54. The van der Waals surface area contributed by atoms with Gasteiger partial charge in [0.05, 0.1) is 6.16 Å². The van der Waals surface area contributed by atoms with Crippen molar-refractivity contribution in [3.63, 3.8) is 0 Å². The Morgan fingerprint density at radius 3 is 1.44 bits per heavy atom. The van der Waals surface area contributed by atoms with Crippen molar-refractivity contribution < 1.29 is 21.4 Å². The summed E-state index contributed by atoms with van der Waals surface area (Å²) >= 11 is 0. The van der Waals surface area contributed by atoms with Gasteiger partial charge in [0, 0.05) is 6.61 Å². The maximum Gasteiger partial charge on any atom is 0.192 e. The monoisotopic (exact) mass is 582 g/mol. The Balaban J connectivity index is 0.00000456. The lowest BCUT2D eigenvalue weighted by Crippen LogP contribution is -3.00. The molecule has 0 aliphatic rings. The number of benzene rings is 3. The van der Waals surface area contributed by atoms with Gasteiger partial charge >= 0.3 is 0 Å². The Labute approximate surface area is 232 Å². The highest BCUT2D eigenvalue weighted by molar-refractivity contribution is 7.95. The minimum atomic E-state index is -1.85. The minimum Gasteiger partial charge on any atom is -1.00 e. The van der Waals surface area contributed by atoms with Crippen molar-refractivity contribution in [1.82, 2.24) is 0 Å². The number of rotatable bonds is 13. The molecule has 0 aliphatic heterocycles. The highest BCUT2D eigenvalue weighted by atomic mass is 79.9. The van der Waals surface area contributed by atoms with Crippen molar-refractivity contribution in [3.8, 4) is 0 Å². The van der Waals surface area contributed by atoms with E-state index in [1.807, 2.05) is 0 Å². The molecule has 36 heavy (non-hydrogen) atoms. The fourth-order valence-electron chi connectivity index (χ4n) is 5.17. The Bertz CT molecular complexity index is 931. The molecule has 3 aromatic rings. The first-order valence-corrected chi connectivity index (χ1v) is 17.9. The maximum absolute atomic E-state index is 6.67. The standard InChI is InChI=1S/C32H44OPSi.BrH/c1-6-29(25-28(5)26-33-35(7-2,8-3)9-4)27-34(30-19-13-10-14-20-30,31-21-15-11-16-22-31)32-23-17-12-18-24-32;/h10-25,28H,6-9,26-27H2,1-5H3;1H/q+1;/p-1/b29-25-;/t28-;/m0./s1. The van der Waals surface area contributed by atoms with Gasteiger partial charge in [-0.15, -0.1) is 0 Å². The van der Waals surface area contributed by atoms with Gasteiger partial charge in [-0.25, -0.2) is 0 Å². The first kappa shape index (κ1) is 30.7. The molecule has 0 bridgehead atoms. The van der Waals surface area contributed by atoms with E-state index in [1.54, 1.807) is 5.57 Å². The van der Waals surface area contributed by atoms with Gasteiger partial charge in [-0.3, -0.25) is 0 Å². The molecule has 1 atom stereocenters. The maximum atomic E-state index is 6.67. The van der Waals surface area contributed by atoms with Crippen LogP contribution >= 0.6 is 7.26 Å². The molecule has 0 N–H and O–H groups in total. The van der Waals surface area contributed by atoms with Gasteiger partial charge in [0.1, 0.15) is 23.2 Å². The third-order valence-corrected chi connectivity index (χ3v) is 16.7. The van der Waals surface area contributed by atoms with Crippen molar-refractivity contribution in [2.75, 3.05) is 12.8 Å². The molecule has 3 aromatic carbocycles. The molecule has 0 amide bonds. The van der Waals surface area contributed by atoms with Crippen LogP contribution in [0.3, 0.4) is 0 Å². The lowest BCUT2D eigenvalue weighted by Gasteiger charge is -2.30. The summed E-state index contributed by atoms with van der Waals surface area (Å²) in [6.07, 6.45) is 4.67. The molecular weight excluding hydrogens is 539 g/mol. The topological polar surface area (TPSA) is 9.23 Å². The molecule has 0 saturated carbocycles. The lowest BCUT2D eigenvalue weighted by atomic mass is 10.1. The number of hydrogen-bond donors (Lipinski definition) is 0. The van der Waals surface area contributed by atoms with Crippen LogP contribution in [-0.4, -0.2) is 21.1 Å². The zero-order chi connectivity index (χ0) is 25.2. The molecule has 194 valence electrons. The second-order valence-electron chi connectivity index (χ2n) is 9.68. The van der Waals surface area contributed by atoms with Gasteiger partial charge in [0.25, 0.3) is 0 Å². The molecule has 0 aromatic heterocycles. The molecule has 1 nitrogen and oxygen atoms in total. The average molecular weight is 584 g/mol. The molecule has 4 heteroatoms. The van der Waals surface area contributed by atoms with Crippen LogP contribution in [0.25, 0.3) is 0 Å². The molecule has 0 unspecified atom stereocenters. The van der Waals surface area contributed by atoms with E-state index in [2.05, 4.69) is 132 Å². The molecule has 0 aliphatic carbocycles. The Morgan fingerprint density at radius 1 is 0.722 bits per heavy atom. The number of hydrogen-bond acceptors (Lipinski definition) is 1. The quantitative estimate of drug-likeness (QED) is 0.157. The van der Waals surface area contributed by atoms with E-state index in [0.717, 1.165) is 19.2 Å². The first-order chi connectivity index (χ1) is 17.0. The van der Waals surface area contributed by atoms with Gasteiger partial charge in [-0.2, -0.15) is 0 Å². The average Bonchev–Trinajstić information content (AvgIpc) is 2.93. The summed E-state index contributed by atoms with van der Waals surface area (Å²) < 4.78 is 6.67. The molecule has 0 heterocycles. The molecule has 0 fully saturated rings. The largest absolute Gasteiger partial charge is 1.00 e. The van der Waals surface area contributed by atoms with Crippen LogP contribution < -0.4 is 32.9 Å². The summed E-state index contributed by atoms with van der Waals surface area (Å²) in [6, 6.07) is 37.3. The minimum absolute atomic E-state index is 0. The van der Waals surface area contributed by atoms with E-state index in [9.17, 15) is 0 Å². The Morgan fingerprint density at radius 2 is 1.11 bits per heavy atom. The van der Waals surface area contributed by atoms with E-state index in [1.165, 1.54) is 34.0 Å². The predicted octanol–water partition coefficient (Wildman–Crippen LogP) is 4.98. The molecule has 0 radical (unpaired) electrons. The summed E-state index contributed by atoms with van der Waals surface area (Å²) in [4.78, 5) is 0. The first-order valence-electron chi connectivity index (χ1n) is 13.4. The van der Waals surface area contributed by atoms with E-state index >= 15 is 0 Å². The Kier molecular flexibility index (Phi) is 12.8. The number of halogens is 1. The lowest BCUT2D eigenvalue weighted by molar-refractivity contribution is -0.00000800. The van der Waals surface area contributed by atoms with Crippen LogP contribution in [-0.2, 0) is 4.43 Å². The normalized spacial score (nSPS) is 13.2.